The third-order valence-electron chi connectivity index (χ3n) is 2.97. The van der Waals surface area contributed by atoms with Gasteiger partial charge in [0.2, 0.25) is 0 Å². The van der Waals surface area contributed by atoms with Crippen molar-refractivity contribution >= 4 is 5.84 Å². The molecule has 98 valence electrons. The van der Waals surface area contributed by atoms with Crippen molar-refractivity contribution in [1.29, 1.82) is 0 Å². The van der Waals surface area contributed by atoms with Crippen molar-refractivity contribution in [3.8, 4) is 0 Å². The van der Waals surface area contributed by atoms with Crippen LogP contribution in [0.5, 0.6) is 0 Å². The Morgan fingerprint density at radius 2 is 2.44 bits per heavy atom. The molecule has 0 saturated carbocycles. The van der Waals surface area contributed by atoms with E-state index >= 15 is 0 Å². The van der Waals surface area contributed by atoms with Crippen LogP contribution in [0.4, 0.5) is 4.39 Å². The number of hydrogen-bond donors (Lipinski definition) is 3. The monoisotopic (exact) mass is 253 g/mol. The van der Waals surface area contributed by atoms with Gasteiger partial charge in [0.1, 0.15) is 5.82 Å². The fraction of sp³-hybridized carbons (Fsp3) is 0.417. The van der Waals surface area contributed by atoms with Gasteiger partial charge in [-0.2, -0.15) is 0 Å². The summed E-state index contributed by atoms with van der Waals surface area (Å²) in [6, 6.07) is 4.55. The van der Waals surface area contributed by atoms with Crippen LogP contribution in [0.2, 0.25) is 0 Å². The number of nitrogens with one attached hydrogen (secondary N) is 1. The molecule has 1 saturated heterocycles. The number of benzene rings is 1. The Balaban J connectivity index is 2.10. The van der Waals surface area contributed by atoms with E-state index in [1.807, 2.05) is 0 Å². The van der Waals surface area contributed by atoms with Crippen LogP contribution in [0.1, 0.15) is 17.5 Å². The van der Waals surface area contributed by atoms with Crippen LogP contribution in [0.15, 0.2) is 23.4 Å². The number of nitrogens with two attached hydrogens (primary N) is 1. The van der Waals surface area contributed by atoms with Crippen LogP contribution in [0, 0.1) is 5.82 Å². The van der Waals surface area contributed by atoms with E-state index in [0.29, 0.717) is 24.8 Å². The average molecular weight is 253 g/mol. The Morgan fingerprint density at radius 1 is 1.61 bits per heavy atom. The van der Waals surface area contributed by atoms with E-state index in [-0.39, 0.29) is 5.84 Å². The summed E-state index contributed by atoms with van der Waals surface area (Å²) in [7, 11) is 0. The van der Waals surface area contributed by atoms with E-state index in [9.17, 15) is 4.39 Å². The number of rotatable bonds is 4. The topological polar surface area (TPSA) is 79.9 Å². The zero-order valence-corrected chi connectivity index (χ0v) is 9.90. The Bertz CT molecular complexity index is 445. The van der Waals surface area contributed by atoms with Gasteiger partial charge >= 0.3 is 0 Å². The van der Waals surface area contributed by atoms with Gasteiger partial charge in [0, 0.05) is 24.8 Å². The van der Waals surface area contributed by atoms with Crippen LogP contribution < -0.4 is 11.1 Å². The highest BCUT2D eigenvalue weighted by Gasteiger charge is 2.16. The van der Waals surface area contributed by atoms with Crippen molar-refractivity contribution in [2.45, 2.75) is 19.0 Å². The second kappa shape index (κ2) is 5.79. The summed E-state index contributed by atoms with van der Waals surface area (Å²) in [6.45, 7) is 1.97. The maximum atomic E-state index is 13.2. The Hall–Kier alpha value is -1.66. The first-order valence-electron chi connectivity index (χ1n) is 5.78. The lowest BCUT2D eigenvalue weighted by atomic mass is 10.1. The van der Waals surface area contributed by atoms with Gasteiger partial charge in [-0.3, -0.25) is 0 Å². The van der Waals surface area contributed by atoms with Gasteiger partial charge in [-0.1, -0.05) is 11.2 Å². The van der Waals surface area contributed by atoms with Crippen LogP contribution in [0.3, 0.4) is 0 Å². The quantitative estimate of drug-likeness (QED) is 0.321. The molecular formula is C12H16FN3O2. The highest BCUT2D eigenvalue weighted by molar-refractivity contribution is 5.98. The molecule has 0 spiro atoms. The molecule has 0 amide bonds. The predicted octanol–water partition coefficient (Wildman–Crippen LogP) is 0.799. The zero-order chi connectivity index (χ0) is 13.0. The lowest BCUT2D eigenvalue weighted by Crippen LogP contribution is -2.29. The van der Waals surface area contributed by atoms with Gasteiger partial charge in [0.15, 0.2) is 5.84 Å². The van der Waals surface area contributed by atoms with Gasteiger partial charge in [-0.05, 0) is 24.1 Å². The van der Waals surface area contributed by atoms with E-state index in [0.717, 1.165) is 18.6 Å². The normalized spacial score (nSPS) is 20.3. The van der Waals surface area contributed by atoms with Gasteiger partial charge < -0.3 is 21.0 Å². The van der Waals surface area contributed by atoms with Crippen molar-refractivity contribution in [3.63, 3.8) is 0 Å². The van der Waals surface area contributed by atoms with Crippen LogP contribution >= 0.6 is 0 Å². The third kappa shape index (κ3) is 2.96. The number of halogens is 1. The highest BCUT2D eigenvalue weighted by atomic mass is 19.1. The molecule has 4 N–H and O–H groups in total. The first-order valence-corrected chi connectivity index (χ1v) is 5.78. The van der Waals surface area contributed by atoms with E-state index in [2.05, 4.69) is 10.5 Å². The van der Waals surface area contributed by atoms with E-state index in [1.54, 1.807) is 6.07 Å². The summed E-state index contributed by atoms with van der Waals surface area (Å²) < 4.78 is 18.4. The van der Waals surface area contributed by atoms with Crippen molar-refractivity contribution < 1.29 is 14.3 Å². The highest BCUT2D eigenvalue weighted by Crippen LogP contribution is 2.12. The largest absolute Gasteiger partial charge is 0.409 e. The van der Waals surface area contributed by atoms with E-state index in [4.69, 9.17) is 15.7 Å². The SMILES string of the molecule is N/C(=N/O)c1cc(F)ccc1CNC1CCOC1. The smallest absolute Gasteiger partial charge is 0.170 e. The zero-order valence-electron chi connectivity index (χ0n) is 9.90. The Morgan fingerprint density at radius 3 is 3.11 bits per heavy atom. The summed E-state index contributed by atoms with van der Waals surface area (Å²) in [6.07, 6.45) is 0.958. The fourth-order valence-corrected chi connectivity index (χ4v) is 1.94. The van der Waals surface area contributed by atoms with Crippen LogP contribution in [0.25, 0.3) is 0 Å². The molecular weight excluding hydrogens is 237 g/mol. The van der Waals surface area contributed by atoms with Gasteiger partial charge in [0.05, 0.1) is 6.61 Å². The standard InChI is InChI=1S/C12H16FN3O2/c13-9-2-1-8(11(5-9)12(14)16-17)6-15-10-3-4-18-7-10/h1-2,5,10,15,17H,3-4,6-7H2,(H2,14,16). The first-order chi connectivity index (χ1) is 8.70. The molecule has 0 aliphatic carbocycles. The summed E-state index contributed by atoms with van der Waals surface area (Å²) in [5.41, 5.74) is 6.73. The molecule has 0 radical (unpaired) electrons. The minimum atomic E-state index is -0.412. The molecule has 1 aromatic carbocycles. The molecule has 0 aromatic heterocycles. The number of hydrogen-bond acceptors (Lipinski definition) is 4. The molecule has 0 bridgehead atoms. The van der Waals surface area contributed by atoms with Crippen molar-refractivity contribution in [3.05, 3.63) is 35.1 Å². The lowest BCUT2D eigenvalue weighted by Gasteiger charge is -2.13. The molecule has 1 atom stereocenters. The summed E-state index contributed by atoms with van der Waals surface area (Å²) in [4.78, 5) is 0. The molecule has 18 heavy (non-hydrogen) atoms. The summed E-state index contributed by atoms with van der Waals surface area (Å²) in [5, 5.41) is 14.9. The van der Waals surface area contributed by atoms with Crippen LogP contribution in [-0.4, -0.2) is 30.3 Å². The Labute approximate surface area is 104 Å². The molecule has 1 aromatic rings. The first kappa shape index (κ1) is 12.8. The van der Waals surface area contributed by atoms with Gasteiger partial charge in [-0.15, -0.1) is 0 Å². The summed E-state index contributed by atoms with van der Waals surface area (Å²) in [5.74, 6) is -0.501. The molecule has 5 nitrogen and oxygen atoms in total. The number of nitrogens with zero attached hydrogens (tertiary/aromatic N) is 1. The van der Waals surface area contributed by atoms with Gasteiger partial charge in [-0.25, -0.2) is 4.39 Å². The lowest BCUT2D eigenvalue weighted by molar-refractivity contribution is 0.190. The third-order valence-corrected chi connectivity index (χ3v) is 2.97. The molecule has 1 unspecified atom stereocenters. The van der Waals surface area contributed by atoms with Crippen molar-refractivity contribution in [2.75, 3.05) is 13.2 Å². The maximum absolute atomic E-state index is 13.2. The van der Waals surface area contributed by atoms with Crippen molar-refractivity contribution in [1.82, 2.24) is 5.32 Å². The van der Waals surface area contributed by atoms with E-state index in [1.165, 1.54) is 12.1 Å². The van der Waals surface area contributed by atoms with E-state index < -0.39 is 5.82 Å². The predicted molar refractivity (Wildman–Crippen MR) is 65.0 cm³/mol. The minimum absolute atomic E-state index is 0.0889. The molecule has 6 heteroatoms. The fourth-order valence-electron chi connectivity index (χ4n) is 1.94. The minimum Gasteiger partial charge on any atom is -0.409 e. The van der Waals surface area contributed by atoms with Gasteiger partial charge in [0.25, 0.3) is 0 Å². The van der Waals surface area contributed by atoms with Crippen molar-refractivity contribution in [2.24, 2.45) is 10.9 Å². The number of oxime groups is 1. The number of ether oxygens (including phenoxy) is 1. The Kier molecular flexibility index (Phi) is 4.11. The average Bonchev–Trinajstić information content (AvgIpc) is 2.89. The molecule has 2 rings (SSSR count). The summed E-state index contributed by atoms with van der Waals surface area (Å²) >= 11 is 0. The molecule has 1 aliphatic rings. The molecule has 1 heterocycles. The second-order valence-corrected chi connectivity index (χ2v) is 4.23. The second-order valence-electron chi connectivity index (χ2n) is 4.23. The van der Waals surface area contributed by atoms with Crippen LogP contribution in [-0.2, 0) is 11.3 Å². The molecule has 1 aliphatic heterocycles. The molecule has 1 fully saturated rings. The maximum Gasteiger partial charge on any atom is 0.170 e. The number of amidine groups is 1.